The molecule has 3 rings (SSSR count). The monoisotopic (exact) mass is 312 g/mol. The summed E-state index contributed by atoms with van der Waals surface area (Å²) >= 11 is 0. The number of aryl methyl sites for hydroxylation is 1. The van der Waals surface area contributed by atoms with E-state index in [1.54, 1.807) is 12.3 Å². The van der Waals surface area contributed by atoms with E-state index in [0.717, 1.165) is 31.9 Å². The fourth-order valence-corrected chi connectivity index (χ4v) is 2.83. The minimum Gasteiger partial charge on any atom is -0.424 e. The molecule has 1 aliphatic rings. The largest absolute Gasteiger partial charge is 0.424 e. The van der Waals surface area contributed by atoms with Gasteiger partial charge in [0.05, 0.1) is 11.6 Å². The van der Waals surface area contributed by atoms with Crippen LogP contribution in [0, 0.1) is 24.2 Å². The van der Waals surface area contributed by atoms with E-state index in [2.05, 4.69) is 38.4 Å². The van der Waals surface area contributed by atoms with Gasteiger partial charge in [0.2, 0.25) is 11.8 Å². The first kappa shape index (κ1) is 15.4. The average molecular weight is 312 g/mol. The van der Waals surface area contributed by atoms with Gasteiger partial charge in [-0.15, -0.1) is 10.2 Å². The van der Waals surface area contributed by atoms with E-state index in [9.17, 15) is 0 Å². The van der Waals surface area contributed by atoms with Gasteiger partial charge in [0.15, 0.2) is 0 Å². The summed E-state index contributed by atoms with van der Waals surface area (Å²) < 4.78 is 5.53. The number of nitrogens with one attached hydrogen (secondary N) is 1. The maximum atomic E-state index is 8.77. The second kappa shape index (κ2) is 6.75. The zero-order chi connectivity index (χ0) is 16.2. The van der Waals surface area contributed by atoms with Gasteiger partial charge >= 0.3 is 0 Å². The third-order valence-corrected chi connectivity index (χ3v) is 4.23. The van der Waals surface area contributed by atoms with Gasteiger partial charge in [-0.05, 0) is 37.9 Å². The van der Waals surface area contributed by atoms with Gasteiger partial charge in [-0.25, -0.2) is 4.98 Å². The van der Waals surface area contributed by atoms with E-state index < -0.39 is 0 Å². The lowest BCUT2D eigenvalue weighted by Crippen LogP contribution is -2.26. The van der Waals surface area contributed by atoms with Crippen LogP contribution in [0.5, 0.6) is 0 Å². The predicted octanol–water partition coefficient (Wildman–Crippen LogP) is 2.14. The number of pyridine rings is 1. The quantitative estimate of drug-likeness (QED) is 0.904. The zero-order valence-electron chi connectivity index (χ0n) is 13.4. The second-order valence-electron chi connectivity index (χ2n) is 5.91. The molecule has 2 aromatic heterocycles. The number of hydrogen-bond donors (Lipinski definition) is 1. The molecule has 1 N–H and O–H groups in total. The van der Waals surface area contributed by atoms with E-state index in [0.29, 0.717) is 23.3 Å². The van der Waals surface area contributed by atoms with Crippen LogP contribution >= 0.6 is 0 Å². The normalized spacial score (nSPS) is 19.4. The van der Waals surface area contributed by atoms with Gasteiger partial charge in [0.1, 0.15) is 11.9 Å². The van der Waals surface area contributed by atoms with Crippen LogP contribution in [0.3, 0.4) is 0 Å². The molecule has 1 saturated heterocycles. The van der Waals surface area contributed by atoms with Gasteiger partial charge in [-0.3, -0.25) is 4.90 Å². The number of hydrogen-bond acceptors (Lipinski definition) is 7. The molecule has 120 valence electrons. The summed E-state index contributed by atoms with van der Waals surface area (Å²) in [5.41, 5.74) is 0.575. The van der Waals surface area contributed by atoms with Crippen LogP contribution in [0.2, 0.25) is 0 Å². The topological polar surface area (TPSA) is 90.9 Å². The molecule has 0 unspecified atom stereocenters. The predicted molar refractivity (Wildman–Crippen MR) is 84.6 cm³/mol. The molecule has 0 spiro atoms. The third kappa shape index (κ3) is 3.66. The number of anilines is 1. The molecule has 7 nitrogen and oxygen atoms in total. The molecule has 23 heavy (non-hydrogen) atoms. The van der Waals surface area contributed by atoms with Crippen molar-refractivity contribution < 1.29 is 4.42 Å². The first-order valence-corrected chi connectivity index (χ1v) is 7.80. The Hall–Kier alpha value is -2.46. The number of likely N-dealkylation sites (tertiary alicyclic amines) is 1. The molecule has 0 aliphatic carbocycles. The lowest BCUT2D eigenvalue weighted by Gasteiger charge is -2.21. The van der Waals surface area contributed by atoms with Gasteiger partial charge in [-0.2, -0.15) is 5.26 Å². The zero-order valence-corrected chi connectivity index (χ0v) is 13.4. The molecule has 3 heterocycles. The van der Waals surface area contributed by atoms with Crippen LogP contribution in [-0.4, -0.2) is 39.7 Å². The summed E-state index contributed by atoms with van der Waals surface area (Å²) in [6, 6.07) is 5.83. The van der Waals surface area contributed by atoms with Crippen molar-refractivity contribution in [1.82, 2.24) is 20.1 Å². The summed E-state index contributed by atoms with van der Waals surface area (Å²) in [5, 5.41) is 20.1. The summed E-state index contributed by atoms with van der Waals surface area (Å²) in [4.78, 5) is 6.60. The number of nitrogens with zero attached hydrogens (tertiary/aromatic N) is 5. The van der Waals surface area contributed by atoms with Crippen molar-refractivity contribution in [3.8, 4) is 6.07 Å². The molecule has 0 radical (unpaired) electrons. The van der Waals surface area contributed by atoms with Crippen molar-refractivity contribution in [2.45, 2.75) is 26.3 Å². The highest BCUT2D eigenvalue weighted by molar-refractivity contribution is 5.38. The summed E-state index contributed by atoms with van der Waals surface area (Å²) in [6.07, 6.45) is 2.71. The first-order valence-electron chi connectivity index (χ1n) is 7.80. The van der Waals surface area contributed by atoms with Crippen LogP contribution in [0.15, 0.2) is 22.7 Å². The molecule has 1 aliphatic heterocycles. The van der Waals surface area contributed by atoms with Crippen molar-refractivity contribution in [2.75, 3.05) is 25.0 Å². The van der Waals surface area contributed by atoms with E-state index >= 15 is 0 Å². The molecule has 0 saturated carbocycles. The van der Waals surface area contributed by atoms with Crippen LogP contribution in [0.1, 0.15) is 36.7 Å². The molecule has 0 amide bonds. The first-order chi connectivity index (χ1) is 11.2. The Morgan fingerprint density at radius 3 is 3.00 bits per heavy atom. The number of nitriles is 1. The summed E-state index contributed by atoms with van der Waals surface area (Å²) in [6.45, 7) is 6.79. The van der Waals surface area contributed by atoms with E-state index in [1.165, 1.54) is 0 Å². The van der Waals surface area contributed by atoms with Crippen LogP contribution < -0.4 is 5.32 Å². The lowest BCUT2D eigenvalue weighted by atomic mass is 10.1. The minimum absolute atomic E-state index is 0.147. The highest BCUT2D eigenvalue weighted by Gasteiger charge is 2.29. The summed E-state index contributed by atoms with van der Waals surface area (Å²) in [5.74, 6) is 2.66. The van der Waals surface area contributed by atoms with Crippen molar-refractivity contribution in [2.24, 2.45) is 5.92 Å². The van der Waals surface area contributed by atoms with Gasteiger partial charge < -0.3 is 9.73 Å². The number of rotatable bonds is 5. The molecular formula is C16H20N6O. The van der Waals surface area contributed by atoms with E-state index in [4.69, 9.17) is 9.68 Å². The second-order valence-corrected chi connectivity index (χ2v) is 5.91. The Balaban J connectivity index is 1.50. The molecule has 0 bridgehead atoms. The Morgan fingerprint density at radius 2 is 2.35 bits per heavy atom. The van der Waals surface area contributed by atoms with Crippen molar-refractivity contribution in [3.05, 3.63) is 35.7 Å². The van der Waals surface area contributed by atoms with Crippen LogP contribution in [-0.2, 0) is 0 Å². The Morgan fingerprint density at radius 1 is 1.48 bits per heavy atom. The van der Waals surface area contributed by atoms with Gasteiger partial charge in [0, 0.05) is 26.2 Å². The smallest absolute Gasteiger partial charge is 0.233 e. The lowest BCUT2D eigenvalue weighted by molar-refractivity contribution is 0.216. The van der Waals surface area contributed by atoms with Crippen molar-refractivity contribution in [1.29, 1.82) is 5.26 Å². The SMILES string of the molecule is Cc1nnc([C@@H](C)N2CC[C@@H](CNc3ccc(C#N)cn3)C2)o1. The average Bonchev–Trinajstić information content (AvgIpc) is 3.22. The molecule has 1 fully saturated rings. The van der Waals surface area contributed by atoms with Crippen LogP contribution in [0.25, 0.3) is 0 Å². The fraction of sp³-hybridized carbons (Fsp3) is 0.500. The number of aromatic nitrogens is 3. The Labute approximate surface area is 135 Å². The Kier molecular flexibility index (Phi) is 4.53. The Bertz CT molecular complexity index is 689. The van der Waals surface area contributed by atoms with Crippen LogP contribution in [0.4, 0.5) is 5.82 Å². The molecule has 0 aromatic carbocycles. The van der Waals surface area contributed by atoms with Crippen molar-refractivity contribution in [3.63, 3.8) is 0 Å². The molecular weight excluding hydrogens is 292 g/mol. The standard InChI is InChI=1S/C16H20N6O/c1-11(16-21-20-12(2)23-16)22-6-5-14(10-22)9-19-15-4-3-13(7-17)8-18-15/h3-4,8,11,14H,5-6,9-10H2,1-2H3,(H,18,19)/t11-,14+/m1/s1. The highest BCUT2D eigenvalue weighted by atomic mass is 16.4. The fourth-order valence-electron chi connectivity index (χ4n) is 2.83. The van der Waals surface area contributed by atoms with Gasteiger partial charge in [0.25, 0.3) is 0 Å². The minimum atomic E-state index is 0.147. The highest BCUT2D eigenvalue weighted by Crippen LogP contribution is 2.26. The maximum Gasteiger partial charge on any atom is 0.233 e. The molecule has 2 aromatic rings. The summed E-state index contributed by atoms with van der Waals surface area (Å²) in [7, 11) is 0. The maximum absolute atomic E-state index is 8.77. The molecule has 2 atom stereocenters. The van der Waals surface area contributed by atoms with E-state index in [-0.39, 0.29) is 6.04 Å². The van der Waals surface area contributed by atoms with Gasteiger partial charge in [-0.1, -0.05) is 0 Å². The van der Waals surface area contributed by atoms with E-state index in [1.807, 2.05) is 13.0 Å². The van der Waals surface area contributed by atoms with Crippen molar-refractivity contribution >= 4 is 5.82 Å². The molecule has 7 heteroatoms. The third-order valence-electron chi connectivity index (χ3n) is 4.23.